The van der Waals surface area contributed by atoms with Crippen molar-refractivity contribution >= 4 is 7.26 Å². The maximum absolute atomic E-state index is 2.39. The van der Waals surface area contributed by atoms with Crippen LogP contribution < -0.4 is 0 Å². The first kappa shape index (κ1) is 33.4. The minimum atomic E-state index is -0.637. The van der Waals surface area contributed by atoms with E-state index in [1.807, 2.05) is 0 Å². The Kier molecular flexibility index (Phi) is 27.4. The molecule has 0 aliphatic heterocycles. The van der Waals surface area contributed by atoms with Crippen LogP contribution in [0.4, 0.5) is 0 Å². The number of hydrogen-bond acceptors (Lipinski definition) is 0. The molecule has 0 rings (SSSR count). The van der Waals surface area contributed by atoms with Gasteiger partial charge in [-0.25, -0.2) is 0 Å². The average molecular weight is 484 g/mol. The zero-order valence-corrected chi connectivity index (χ0v) is 25.1. The van der Waals surface area contributed by atoms with Crippen LogP contribution in [-0.2, 0) is 0 Å². The van der Waals surface area contributed by atoms with Gasteiger partial charge in [-0.15, -0.1) is 0 Å². The molecule has 0 saturated heterocycles. The third kappa shape index (κ3) is 22.6. The highest BCUT2D eigenvalue weighted by atomic mass is 31.2. The van der Waals surface area contributed by atoms with Gasteiger partial charge in [0.25, 0.3) is 0 Å². The first-order chi connectivity index (χ1) is 16.2. The zero-order chi connectivity index (χ0) is 24.3. The van der Waals surface area contributed by atoms with Crippen molar-refractivity contribution in [3.05, 3.63) is 0 Å². The normalized spacial score (nSPS) is 12.0. The molecule has 0 amide bonds. The molecule has 0 saturated carbocycles. The first-order valence-corrected chi connectivity index (χ1v) is 18.6. The Bertz CT molecular complexity index is 329. The molecule has 0 fully saturated rings. The molecular weight excluding hydrogens is 415 g/mol. The van der Waals surface area contributed by atoms with Crippen LogP contribution >= 0.6 is 7.26 Å². The van der Waals surface area contributed by atoms with Gasteiger partial charge in [0.2, 0.25) is 0 Å². The Morgan fingerprint density at radius 1 is 0.242 bits per heavy atom. The molecule has 0 radical (unpaired) electrons. The SMILES string of the molecule is CCCCCCCCCCCCCCCCCCCC[P+](CCCC)(CCCC)CCCC. The van der Waals surface area contributed by atoms with E-state index in [0.29, 0.717) is 0 Å². The lowest BCUT2D eigenvalue weighted by atomic mass is 10.0. The maximum atomic E-state index is 2.39. The van der Waals surface area contributed by atoms with Crippen molar-refractivity contribution in [2.45, 2.75) is 182 Å². The quantitative estimate of drug-likeness (QED) is 0.0766. The smallest absolute Gasteiger partial charge is 0.0594 e. The predicted molar refractivity (Wildman–Crippen MR) is 160 cm³/mol. The van der Waals surface area contributed by atoms with Crippen LogP contribution in [0, 0.1) is 0 Å². The molecule has 0 heterocycles. The fourth-order valence-corrected chi connectivity index (χ4v) is 10.7. The molecule has 0 aromatic carbocycles. The highest BCUT2D eigenvalue weighted by molar-refractivity contribution is 7.75. The van der Waals surface area contributed by atoms with Crippen molar-refractivity contribution in [3.8, 4) is 0 Å². The highest BCUT2D eigenvalue weighted by Crippen LogP contribution is 2.61. The van der Waals surface area contributed by atoms with E-state index in [9.17, 15) is 0 Å². The van der Waals surface area contributed by atoms with Gasteiger partial charge in [0.1, 0.15) is 0 Å². The van der Waals surface area contributed by atoms with E-state index in [4.69, 9.17) is 0 Å². The molecule has 0 aliphatic carbocycles. The van der Waals surface area contributed by atoms with E-state index in [1.165, 1.54) is 148 Å². The van der Waals surface area contributed by atoms with Crippen molar-refractivity contribution in [2.75, 3.05) is 24.6 Å². The first-order valence-electron chi connectivity index (χ1n) is 16.1. The maximum Gasteiger partial charge on any atom is 0.0594 e. The number of rotatable bonds is 28. The van der Waals surface area contributed by atoms with Gasteiger partial charge in [-0.1, -0.05) is 150 Å². The molecule has 0 N–H and O–H groups in total. The summed E-state index contributed by atoms with van der Waals surface area (Å²) in [6.07, 6.45) is 42.0. The molecule has 0 unspecified atom stereocenters. The second kappa shape index (κ2) is 27.0. The highest BCUT2D eigenvalue weighted by Gasteiger charge is 2.34. The van der Waals surface area contributed by atoms with Gasteiger partial charge < -0.3 is 0 Å². The van der Waals surface area contributed by atoms with Gasteiger partial charge in [0, 0.05) is 7.26 Å². The van der Waals surface area contributed by atoms with Crippen molar-refractivity contribution in [2.24, 2.45) is 0 Å². The van der Waals surface area contributed by atoms with Crippen LogP contribution in [0.25, 0.3) is 0 Å². The van der Waals surface area contributed by atoms with Crippen LogP contribution in [0.1, 0.15) is 182 Å². The molecule has 0 nitrogen and oxygen atoms in total. The van der Waals surface area contributed by atoms with Gasteiger partial charge in [-0.2, -0.15) is 0 Å². The summed E-state index contributed by atoms with van der Waals surface area (Å²) in [5.41, 5.74) is 0. The molecule has 0 aromatic rings. The Labute approximate surface area is 213 Å². The van der Waals surface area contributed by atoms with Gasteiger partial charge in [-0.05, 0) is 32.1 Å². The van der Waals surface area contributed by atoms with Crippen molar-refractivity contribution in [3.63, 3.8) is 0 Å². The second-order valence-electron chi connectivity index (χ2n) is 11.3. The molecule has 0 bridgehead atoms. The van der Waals surface area contributed by atoms with Crippen molar-refractivity contribution in [1.29, 1.82) is 0 Å². The third-order valence-electron chi connectivity index (χ3n) is 7.94. The summed E-state index contributed by atoms with van der Waals surface area (Å²) in [6, 6.07) is 0. The summed E-state index contributed by atoms with van der Waals surface area (Å²) < 4.78 is 0. The summed E-state index contributed by atoms with van der Waals surface area (Å²) in [5.74, 6) is 0. The Morgan fingerprint density at radius 2 is 0.455 bits per heavy atom. The van der Waals surface area contributed by atoms with E-state index in [-0.39, 0.29) is 0 Å². The summed E-state index contributed by atoms with van der Waals surface area (Å²) in [6.45, 7) is 9.49. The number of unbranched alkanes of at least 4 members (excludes halogenated alkanes) is 20. The third-order valence-corrected chi connectivity index (χ3v) is 13.0. The van der Waals surface area contributed by atoms with Crippen LogP contribution in [0.2, 0.25) is 0 Å². The van der Waals surface area contributed by atoms with Crippen LogP contribution in [-0.4, -0.2) is 24.6 Å². The largest absolute Gasteiger partial charge is 0.0654 e. The standard InChI is InChI=1S/C32H68P/c1-5-9-13-14-15-16-17-18-19-20-21-22-23-24-25-26-27-28-32-33(29-10-6-2,30-11-7-3)31-12-8-4/h5-32H2,1-4H3/q+1. The van der Waals surface area contributed by atoms with Gasteiger partial charge >= 0.3 is 0 Å². The predicted octanol–water partition coefficient (Wildman–Crippen LogP) is 12.4. The van der Waals surface area contributed by atoms with Crippen LogP contribution in [0.3, 0.4) is 0 Å². The van der Waals surface area contributed by atoms with Gasteiger partial charge in [0.15, 0.2) is 0 Å². The second-order valence-corrected chi connectivity index (χ2v) is 15.8. The Balaban J connectivity index is 3.63. The fraction of sp³-hybridized carbons (Fsp3) is 1.00. The molecule has 1 heteroatoms. The molecular formula is C32H68P+. The molecule has 0 aliphatic rings. The molecule has 0 aromatic heterocycles. The molecule has 0 spiro atoms. The molecule has 33 heavy (non-hydrogen) atoms. The minimum absolute atomic E-state index is 0.637. The fourth-order valence-electron chi connectivity index (χ4n) is 5.50. The summed E-state index contributed by atoms with van der Waals surface area (Å²) in [7, 11) is -0.637. The summed E-state index contributed by atoms with van der Waals surface area (Å²) in [5, 5.41) is 0. The Hall–Kier alpha value is 0.430. The van der Waals surface area contributed by atoms with E-state index in [0.717, 1.165) is 0 Å². The van der Waals surface area contributed by atoms with Crippen molar-refractivity contribution in [1.82, 2.24) is 0 Å². The van der Waals surface area contributed by atoms with E-state index < -0.39 is 7.26 Å². The summed E-state index contributed by atoms with van der Waals surface area (Å²) >= 11 is 0. The van der Waals surface area contributed by atoms with E-state index >= 15 is 0 Å². The van der Waals surface area contributed by atoms with Crippen LogP contribution in [0.5, 0.6) is 0 Å². The molecule has 200 valence electrons. The summed E-state index contributed by atoms with van der Waals surface area (Å²) in [4.78, 5) is 0. The Morgan fingerprint density at radius 3 is 0.727 bits per heavy atom. The number of hydrogen-bond donors (Lipinski definition) is 0. The monoisotopic (exact) mass is 484 g/mol. The lowest BCUT2D eigenvalue weighted by molar-refractivity contribution is 0.526. The van der Waals surface area contributed by atoms with E-state index in [1.54, 1.807) is 31.1 Å². The van der Waals surface area contributed by atoms with Gasteiger partial charge in [-0.3, -0.25) is 0 Å². The van der Waals surface area contributed by atoms with Gasteiger partial charge in [0.05, 0.1) is 24.6 Å². The lowest BCUT2D eigenvalue weighted by Gasteiger charge is -2.28. The average Bonchev–Trinajstić information content (AvgIpc) is 2.83. The minimum Gasteiger partial charge on any atom is -0.0654 e. The lowest BCUT2D eigenvalue weighted by Crippen LogP contribution is -2.13. The van der Waals surface area contributed by atoms with Crippen molar-refractivity contribution < 1.29 is 0 Å². The van der Waals surface area contributed by atoms with E-state index in [2.05, 4.69) is 27.7 Å². The zero-order valence-electron chi connectivity index (χ0n) is 24.2. The molecule has 0 atom stereocenters. The van der Waals surface area contributed by atoms with Crippen LogP contribution in [0.15, 0.2) is 0 Å². The topological polar surface area (TPSA) is 0 Å².